The molecule has 0 fully saturated rings. The molecule has 0 saturated heterocycles. The van der Waals surface area contributed by atoms with Crippen molar-refractivity contribution in [2.45, 2.75) is 0 Å². The van der Waals surface area contributed by atoms with Gasteiger partial charge in [0.25, 0.3) is 11.8 Å². The van der Waals surface area contributed by atoms with E-state index < -0.39 is 11.8 Å². The molecule has 0 aromatic heterocycles. The molecule has 154 valence electrons. The average Bonchev–Trinajstić information content (AvgIpc) is 2.77. The first-order valence-electron chi connectivity index (χ1n) is 8.89. The Hall–Kier alpha value is -3.17. The number of hydrazine groups is 1. The zero-order valence-electron chi connectivity index (χ0n) is 15.7. The van der Waals surface area contributed by atoms with E-state index in [1.165, 1.54) is 0 Å². The second kappa shape index (κ2) is 10.6. The van der Waals surface area contributed by atoms with Crippen molar-refractivity contribution < 1.29 is 19.1 Å². The number of rotatable bonds is 6. The number of carbonyl (C=O) groups excluding carboxylic acids is 2. The van der Waals surface area contributed by atoms with Crippen LogP contribution in [-0.4, -0.2) is 30.1 Å². The van der Waals surface area contributed by atoms with E-state index >= 15 is 0 Å². The van der Waals surface area contributed by atoms with Crippen LogP contribution in [0, 0.1) is 0 Å². The van der Waals surface area contributed by atoms with Crippen LogP contribution >= 0.6 is 28.1 Å². The minimum Gasteiger partial charge on any atom is -0.484 e. The van der Waals surface area contributed by atoms with Gasteiger partial charge in [0.1, 0.15) is 11.5 Å². The van der Waals surface area contributed by atoms with Gasteiger partial charge >= 0.3 is 0 Å². The number of ether oxygens (including phenoxy) is 2. The predicted octanol–water partition coefficient (Wildman–Crippen LogP) is 3.08. The van der Waals surface area contributed by atoms with E-state index in [0.717, 1.165) is 15.2 Å². The van der Waals surface area contributed by atoms with Crippen LogP contribution in [0.5, 0.6) is 11.5 Å². The summed E-state index contributed by atoms with van der Waals surface area (Å²) in [5, 5.41) is 4.38. The largest absolute Gasteiger partial charge is 0.484 e. The van der Waals surface area contributed by atoms with Crippen molar-refractivity contribution >= 4 is 55.8 Å². The van der Waals surface area contributed by atoms with Crippen LogP contribution in [-0.2, 0) is 9.59 Å². The second-order valence-electron chi connectivity index (χ2n) is 6.04. The van der Waals surface area contributed by atoms with Gasteiger partial charge in [-0.2, -0.15) is 0 Å². The van der Waals surface area contributed by atoms with E-state index in [2.05, 4.69) is 32.1 Å². The lowest BCUT2D eigenvalue weighted by Crippen LogP contribution is -2.50. The summed E-state index contributed by atoms with van der Waals surface area (Å²) >= 11 is 8.47. The van der Waals surface area contributed by atoms with Gasteiger partial charge in [0, 0.05) is 0 Å². The maximum atomic E-state index is 12.0. The van der Waals surface area contributed by atoms with Gasteiger partial charge < -0.3 is 9.47 Å². The van der Waals surface area contributed by atoms with E-state index in [0.29, 0.717) is 11.5 Å². The lowest BCUT2D eigenvalue weighted by atomic mass is 10.1. The average molecular weight is 488 g/mol. The van der Waals surface area contributed by atoms with Gasteiger partial charge in [-0.15, -0.1) is 0 Å². The van der Waals surface area contributed by atoms with Gasteiger partial charge in [0.05, 0.1) is 4.47 Å². The standard InChI is InChI=1S/C21H18BrN3O4S/c22-20-16-9-5-4-6-14(16)10-11-17(20)29-13-19(27)24-25-21(30)23-18(26)12-28-15-7-2-1-3-8-15/h1-11H,12-13H2,(H,24,27)(H2,23,25,26,30). The molecule has 0 heterocycles. The lowest BCUT2D eigenvalue weighted by Gasteiger charge is -2.13. The summed E-state index contributed by atoms with van der Waals surface area (Å²) in [6, 6.07) is 20.4. The van der Waals surface area contributed by atoms with Crippen LogP contribution in [0.4, 0.5) is 0 Å². The molecule has 30 heavy (non-hydrogen) atoms. The number of halogens is 1. The highest BCUT2D eigenvalue weighted by atomic mass is 79.9. The summed E-state index contributed by atoms with van der Waals surface area (Å²) < 4.78 is 11.6. The topological polar surface area (TPSA) is 88.7 Å². The van der Waals surface area contributed by atoms with E-state index in [1.54, 1.807) is 30.3 Å². The molecule has 0 saturated carbocycles. The molecule has 2 amide bonds. The molecule has 0 radical (unpaired) electrons. The molecule has 9 heteroatoms. The Bertz CT molecular complexity index is 1060. The predicted molar refractivity (Wildman–Crippen MR) is 121 cm³/mol. The van der Waals surface area contributed by atoms with Crippen LogP contribution in [0.1, 0.15) is 0 Å². The summed E-state index contributed by atoms with van der Waals surface area (Å²) in [5.74, 6) is 0.184. The highest BCUT2D eigenvalue weighted by Crippen LogP contribution is 2.32. The van der Waals surface area contributed by atoms with Crippen molar-refractivity contribution in [1.29, 1.82) is 0 Å². The first-order chi connectivity index (χ1) is 14.5. The van der Waals surface area contributed by atoms with Crippen LogP contribution < -0.4 is 25.6 Å². The third-order valence-electron chi connectivity index (χ3n) is 3.87. The van der Waals surface area contributed by atoms with Crippen molar-refractivity contribution in [3.8, 4) is 11.5 Å². The van der Waals surface area contributed by atoms with Gasteiger partial charge in [0.2, 0.25) is 0 Å². The summed E-state index contributed by atoms with van der Waals surface area (Å²) in [6.07, 6.45) is 0. The fraction of sp³-hybridized carbons (Fsp3) is 0.0952. The van der Waals surface area contributed by atoms with E-state index in [4.69, 9.17) is 21.7 Å². The van der Waals surface area contributed by atoms with Crippen LogP contribution in [0.25, 0.3) is 10.8 Å². The van der Waals surface area contributed by atoms with Gasteiger partial charge in [-0.3, -0.25) is 25.8 Å². The molecule has 0 aliphatic carbocycles. The van der Waals surface area contributed by atoms with Crippen LogP contribution in [0.3, 0.4) is 0 Å². The fourth-order valence-electron chi connectivity index (χ4n) is 2.49. The second-order valence-corrected chi connectivity index (χ2v) is 7.24. The number of carbonyl (C=O) groups is 2. The summed E-state index contributed by atoms with van der Waals surface area (Å²) in [6.45, 7) is -0.448. The van der Waals surface area contributed by atoms with E-state index in [1.807, 2.05) is 36.4 Å². The number of nitrogens with one attached hydrogen (secondary N) is 3. The Kier molecular flexibility index (Phi) is 7.58. The van der Waals surface area contributed by atoms with Gasteiger partial charge in [0.15, 0.2) is 18.3 Å². The Morgan fingerprint density at radius 3 is 2.33 bits per heavy atom. The van der Waals surface area contributed by atoms with Gasteiger partial charge in [-0.05, 0) is 57.1 Å². The van der Waals surface area contributed by atoms with Gasteiger partial charge in [-0.25, -0.2) is 0 Å². The van der Waals surface area contributed by atoms with Crippen molar-refractivity contribution in [1.82, 2.24) is 16.2 Å². The number of hydrogen-bond donors (Lipinski definition) is 3. The monoisotopic (exact) mass is 487 g/mol. The molecule has 0 atom stereocenters. The van der Waals surface area contributed by atoms with Gasteiger partial charge in [-0.1, -0.05) is 48.5 Å². The van der Waals surface area contributed by atoms with Crippen LogP contribution in [0.2, 0.25) is 0 Å². The zero-order chi connectivity index (χ0) is 21.3. The molecule has 3 aromatic rings. The van der Waals surface area contributed by atoms with Crippen molar-refractivity contribution in [2.24, 2.45) is 0 Å². The summed E-state index contributed by atoms with van der Waals surface area (Å²) in [5.41, 5.74) is 4.81. The molecule has 0 spiro atoms. The third-order valence-corrected chi connectivity index (χ3v) is 4.89. The number of fused-ring (bicyclic) bond motifs is 1. The Morgan fingerprint density at radius 2 is 1.53 bits per heavy atom. The molecule has 0 bridgehead atoms. The lowest BCUT2D eigenvalue weighted by molar-refractivity contribution is -0.124. The van der Waals surface area contributed by atoms with Crippen LogP contribution in [0.15, 0.2) is 71.2 Å². The summed E-state index contributed by atoms with van der Waals surface area (Å²) in [4.78, 5) is 23.8. The number of thiocarbonyl (C=S) groups is 1. The minimum absolute atomic E-state index is 0.0584. The summed E-state index contributed by atoms with van der Waals surface area (Å²) in [7, 11) is 0. The molecule has 3 N–H and O–H groups in total. The molecule has 7 nitrogen and oxygen atoms in total. The third kappa shape index (κ3) is 6.16. The van der Waals surface area contributed by atoms with E-state index in [9.17, 15) is 9.59 Å². The first kappa shape index (κ1) is 21.5. The Labute approximate surface area is 186 Å². The Balaban J connectivity index is 1.39. The number of hydrogen-bond acceptors (Lipinski definition) is 5. The smallest absolute Gasteiger partial charge is 0.276 e. The highest BCUT2D eigenvalue weighted by molar-refractivity contribution is 9.10. The molecular formula is C21H18BrN3O4S. The first-order valence-corrected chi connectivity index (χ1v) is 10.1. The van der Waals surface area contributed by atoms with Crippen molar-refractivity contribution in [2.75, 3.05) is 13.2 Å². The Morgan fingerprint density at radius 1 is 0.833 bits per heavy atom. The fourth-order valence-corrected chi connectivity index (χ4v) is 3.26. The molecule has 3 rings (SSSR count). The SMILES string of the molecule is O=C(COc1ccc2ccccc2c1Br)NNC(=S)NC(=O)COc1ccccc1. The highest BCUT2D eigenvalue weighted by Gasteiger charge is 2.10. The normalized spacial score (nSPS) is 10.2. The number of para-hydroxylation sites is 1. The molecule has 0 aliphatic heterocycles. The number of amides is 2. The number of benzene rings is 3. The minimum atomic E-state index is -0.466. The maximum Gasteiger partial charge on any atom is 0.276 e. The molecule has 0 unspecified atom stereocenters. The zero-order valence-corrected chi connectivity index (χ0v) is 18.1. The molecule has 3 aromatic carbocycles. The van der Waals surface area contributed by atoms with Crippen molar-refractivity contribution in [3.05, 3.63) is 71.2 Å². The van der Waals surface area contributed by atoms with Crippen molar-refractivity contribution in [3.63, 3.8) is 0 Å². The maximum absolute atomic E-state index is 12.0. The quantitative estimate of drug-likeness (QED) is 0.365. The molecule has 0 aliphatic rings. The molecular weight excluding hydrogens is 470 g/mol. The van der Waals surface area contributed by atoms with E-state index in [-0.39, 0.29) is 18.3 Å².